The lowest BCUT2D eigenvalue weighted by Crippen LogP contribution is -2.44. The van der Waals surface area contributed by atoms with Gasteiger partial charge in [0.25, 0.3) is 0 Å². The zero-order valence-corrected chi connectivity index (χ0v) is 12.6. The summed E-state index contributed by atoms with van der Waals surface area (Å²) in [7, 11) is 0. The van der Waals surface area contributed by atoms with Gasteiger partial charge in [-0.2, -0.15) is 5.10 Å². The molecule has 1 aliphatic carbocycles. The van der Waals surface area contributed by atoms with E-state index in [1.807, 2.05) is 0 Å². The molecule has 21 heavy (non-hydrogen) atoms. The van der Waals surface area contributed by atoms with Crippen LogP contribution in [0.15, 0.2) is 21.7 Å². The Kier molecular flexibility index (Phi) is 5.26. The number of nitro groups is 1. The number of thiocarbonyl (C=S) groups is 1. The molecule has 0 aromatic carbocycles. The monoisotopic (exact) mass is 310 g/mol. The van der Waals surface area contributed by atoms with Crippen molar-refractivity contribution in [3.8, 4) is 0 Å². The summed E-state index contributed by atoms with van der Waals surface area (Å²) < 4.78 is 4.94. The first kappa shape index (κ1) is 15.4. The molecule has 114 valence electrons. The Balaban J connectivity index is 1.79. The third-order valence-corrected chi connectivity index (χ3v) is 3.79. The molecular weight excluding hydrogens is 292 g/mol. The second kappa shape index (κ2) is 7.16. The molecule has 0 unspecified atom stereocenters. The van der Waals surface area contributed by atoms with Crippen molar-refractivity contribution in [2.24, 2.45) is 11.0 Å². The van der Waals surface area contributed by atoms with Crippen LogP contribution in [0.1, 0.15) is 38.4 Å². The van der Waals surface area contributed by atoms with E-state index in [-0.39, 0.29) is 5.88 Å². The minimum Gasteiger partial charge on any atom is -0.400 e. The van der Waals surface area contributed by atoms with E-state index in [1.165, 1.54) is 37.6 Å². The quantitative estimate of drug-likeness (QED) is 0.384. The highest BCUT2D eigenvalue weighted by Crippen LogP contribution is 2.23. The van der Waals surface area contributed by atoms with Crippen molar-refractivity contribution in [2.75, 3.05) is 0 Å². The normalized spacial score (nSPS) is 22.1. The highest BCUT2D eigenvalue weighted by Gasteiger charge is 2.21. The van der Waals surface area contributed by atoms with Gasteiger partial charge < -0.3 is 9.73 Å². The minimum absolute atomic E-state index is 0.294. The number of furan rings is 1. The Morgan fingerprint density at radius 2 is 2.29 bits per heavy atom. The van der Waals surface area contributed by atoms with Gasteiger partial charge in [0.05, 0.1) is 12.3 Å². The largest absolute Gasteiger partial charge is 0.433 e. The van der Waals surface area contributed by atoms with Gasteiger partial charge in [-0.1, -0.05) is 19.8 Å². The number of hydrazone groups is 1. The van der Waals surface area contributed by atoms with Crippen LogP contribution >= 0.6 is 12.2 Å². The molecule has 0 bridgehead atoms. The van der Waals surface area contributed by atoms with E-state index in [0.29, 0.717) is 22.8 Å². The molecule has 1 aliphatic rings. The molecule has 2 rings (SSSR count). The number of rotatable bonds is 4. The zero-order valence-electron chi connectivity index (χ0n) is 11.7. The van der Waals surface area contributed by atoms with Crippen molar-refractivity contribution >= 4 is 29.4 Å². The summed E-state index contributed by atoms with van der Waals surface area (Å²) in [4.78, 5) is 9.87. The zero-order chi connectivity index (χ0) is 15.2. The lowest BCUT2D eigenvalue weighted by atomic mass is 9.86. The molecule has 1 heterocycles. The molecule has 2 N–H and O–H groups in total. The van der Waals surface area contributed by atoms with Crippen molar-refractivity contribution in [3.63, 3.8) is 0 Å². The van der Waals surface area contributed by atoms with Crippen LogP contribution in [-0.4, -0.2) is 22.3 Å². The summed E-state index contributed by atoms with van der Waals surface area (Å²) in [6, 6.07) is 3.13. The van der Waals surface area contributed by atoms with E-state index in [2.05, 4.69) is 22.8 Å². The van der Waals surface area contributed by atoms with Crippen LogP contribution in [-0.2, 0) is 0 Å². The summed E-state index contributed by atoms with van der Waals surface area (Å²) in [5.74, 6) is 0.575. The molecule has 1 saturated carbocycles. The van der Waals surface area contributed by atoms with Gasteiger partial charge in [0.15, 0.2) is 10.9 Å². The molecule has 1 aromatic heterocycles. The topological polar surface area (TPSA) is 92.7 Å². The fourth-order valence-electron chi connectivity index (χ4n) is 2.40. The van der Waals surface area contributed by atoms with Crippen molar-refractivity contribution < 1.29 is 9.34 Å². The predicted octanol–water partition coefficient (Wildman–Crippen LogP) is 2.56. The van der Waals surface area contributed by atoms with Gasteiger partial charge in [-0.3, -0.25) is 15.5 Å². The van der Waals surface area contributed by atoms with Crippen LogP contribution in [0.25, 0.3) is 0 Å². The lowest BCUT2D eigenvalue weighted by Gasteiger charge is -2.30. The molecule has 0 saturated heterocycles. The Bertz CT molecular complexity index is 543. The third kappa shape index (κ3) is 4.52. The first-order valence-electron chi connectivity index (χ1n) is 6.90. The number of nitrogens with one attached hydrogen (secondary N) is 2. The molecule has 2 atom stereocenters. The van der Waals surface area contributed by atoms with Crippen LogP contribution in [0.2, 0.25) is 0 Å². The van der Waals surface area contributed by atoms with Crippen molar-refractivity contribution in [2.45, 2.75) is 38.6 Å². The Morgan fingerprint density at radius 3 is 2.95 bits per heavy atom. The van der Waals surface area contributed by atoms with Crippen LogP contribution in [0.4, 0.5) is 5.88 Å². The van der Waals surface area contributed by atoms with Gasteiger partial charge in [-0.25, -0.2) is 0 Å². The molecule has 0 spiro atoms. The number of hydrogen-bond acceptors (Lipinski definition) is 5. The van der Waals surface area contributed by atoms with E-state index < -0.39 is 4.92 Å². The Morgan fingerprint density at radius 1 is 1.52 bits per heavy atom. The molecule has 0 radical (unpaired) electrons. The average molecular weight is 310 g/mol. The fourth-order valence-corrected chi connectivity index (χ4v) is 2.60. The molecular formula is C13H18N4O3S. The van der Waals surface area contributed by atoms with Gasteiger partial charge in [0.1, 0.15) is 4.92 Å². The number of hydrogen-bond donors (Lipinski definition) is 2. The molecule has 1 aromatic rings. The van der Waals surface area contributed by atoms with Crippen molar-refractivity contribution in [1.29, 1.82) is 0 Å². The maximum absolute atomic E-state index is 10.5. The average Bonchev–Trinajstić information content (AvgIpc) is 2.90. The SMILES string of the molecule is C[C@H]1CCCC[C@@H]1NC(=S)N/N=C\c1ccc([N+](=O)[O-])o1. The summed E-state index contributed by atoms with van der Waals surface area (Å²) in [6.45, 7) is 2.21. The summed E-state index contributed by atoms with van der Waals surface area (Å²) in [5, 5.41) is 18.1. The Hall–Kier alpha value is -1.96. The van der Waals surface area contributed by atoms with E-state index in [4.69, 9.17) is 16.6 Å². The maximum Gasteiger partial charge on any atom is 0.433 e. The second-order valence-corrected chi connectivity index (χ2v) is 5.55. The van der Waals surface area contributed by atoms with Gasteiger partial charge in [0, 0.05) is 6.04 Å². The molecule has 1 fully saturated rings. The fraction of sp³-hybridized carbons (Fsp3) is 0.538. The smallest absolute Gasteiger partial charge is 0.400 e. The summed E-state index contributed by atoms with van der Waals surface area (Å²) >= 11 is 5.18. The predicted molar refractivity (Wildman–Crippen MR) is 83.2 cm³/mol. The molecule has 7 nitrogen and oxygen atoms in total. The van der Waals surface area contributed by atoms with Gasteiger partial charge >= 0.3 is 5.88 Å². The van der Waals surface area contributed by atoms with Crippen LogP contribution in [0.5, 0.6) is 0 Å². The first-order chi connectivity index (χ1) is 10.1. The van der Waals surface area contributed by atoms with Crippen molar-refractivity contribution in [1.82, 2.24) is 10.7 Å². The Labute approximate surface area is 127 Å². The molecule has 0 amide bonds. The van der Waals surface area contributed by atoms with Gasteiger partial charge in [0.2, 0.25) is 0 Å². The number of nitrogens with zero attached hydrogens (tertiary/aromatic N) is 2. The third-order valence-electron chi connectivity index (χ3n) is 3.58. The second-order valence-electron chi connectivity index (χ2n) is 5.14. The highest BCUT2D eigenvalue weighted by atomic mass is 32.1. The van der Waals surface area contributed by atoms with Gasteiger partial charge in [-0.15, -0.1) is 0 Å². The summed E-state index contributed by atoms with van der Waals surface area (Å²) in [6.07, 6.45) is 6.15. The summed E-state index contributed by atoms with van der Waals surface area (Å²) in [5.41, 5.74) is 2.70. The lowest BCUT2D eigenvalue weighted by molar-refractivity contribution is -0.402. The van der Waals surface area contributed by atoms with Crippen LogP contribution in [0, 0.1) is 16.0 Å². The molecule has 8 heteroatoms. The van der Waals surface area contributed by atoms with Crippen LogP contribution in [0.3, 0.4) is 0 Å². The maximum atomic E-state index is 10.5. The first-order valence-corrected chi connectivity index (χ1v) is 7.31. The van der Waals surface area contributed by atoms with E-state index in [9.17, 15) is 10.1 Å². The van der Waals surface area contributed by atoms with E-state index in [1.54, 1.807) is 0 Å². The van der Waals surface area contributed by atoms with E-state index >= 15 is 0 Å². The molecule has 0 aliphatic heterocycles. The highest BCUT2D eigenvalue weighted by molar-refractivity contribution is 7.80. The minimum atomic E-state index is -0.596. The van der Waals surface area contributed by atoms with Crippen molar-refractivity contribution in [3.05, 3.63) is 28.0 Å². The van der Waals surface area contributed by atoms with Crippen LogP contribution < -0.4 is 10.7 Å². The van der Waals surface area contributed by atoms with E-state index in [0.717, 1.165) is 6.42 Å². The standard InChI is InChI=1S/C13H18N4O3S/c1-9-4-2-3-5-11(9)15-13(21)16-14-8-10-6-7-12(20-10)17(18)19/h6-9,11H,2-5H2,1H3,(H2,15,16,21)/b14-8-/t9-,11-/m0/s1. The van der Waals surface area contributed by atoms with Gasteiger partial charge in [-0.05, 0) is 37.0 Å².